The van der Waals surface area contributed by atoms with E-state index in [1.165, 1.54) is 42.5 Å². The molecule has 0 bridgehead atoms. The fourth-order valence-corrected chi connectivity index (χ4v) is 2.16. The molecule has 3 nitrogen and oxygen atoms in total. The minimum atomic E-state index is 0.809. The van der Waals surface area contributed by atoms with E-state index in [2.05, 4.69) is 49.4 Å². The Labute approximate surface area is 138 Å². The van der Waals surface area contributed by atoms with E-state index < -0.39 is 0 Å². The Bertz CT molecular complexity index is 627. The Morgan fingerprint density at radius 1 is 0.826 bits per heavy atom. The third kappa shape index (κ3) is 7.16. The second-order valence-corrected chi connectivity index (χ2v) is 4.99. The van der Waals surface area contributed by atoms with Crippen LogP contribution in [0.5, 0.6) is 5.75 Å². The predicted molar refractivity (Wildman–Crippen MR) is 92.7 cm³/mol. The number of nitriles is 2. The topological polar surface area (TPSA) is 56.8 Å². The van der Waals surface area contributed by atoms with Crippen LogP contribution < -0.4 is 4.74 Å². The Morgan fingerprint density at radius 3 is 2.13 bits per heavy atom. The maximum absolute atomic E-state index is 7.26. The molecule has 23 heavy (non-hydrogen) atoms. The van der Waals surface area contributed by atoms with Crippen molar-refractivity contribution in [3.8, 4) is 29.0 Å². The third-order valence-corrected chi connectivity index (χ3v) is 3.28. The smallest absolute Gasteiger partial charge is 0.181 e. The van der Waals surface area contributed by atoms with Crippen LogP contribution in [-0.4, -0.2) is 6.61 Å². The molecular weight excluding hydrogens is 284 g/mol. The lowest BCUT2D eigenvalue weighted by Crippen LogP contribution is -1.98. The average molecular weight is 306 g/mol. The summed E-state index contributed by atoms with van der Waals surface area (Å²) < 4.78 is 5.94. The van der Waals surface area contributed by atoms with Crippen molar-refractivity contribution in [2.75, 3.05) is 6.61 Å². The fraction of sp³-hybridized carbons (Fsp3) is 0.300. The number of nitrogens with zero attached hydrogens (tertiary/aromatic N) is 2. The molecule has 0 saturated heterocycles. The largest absolute Gasteiger partial charge is 0.493 e. The molecule has 0 heterocycles. The lowest BCUT2D eigenvalue weighted by Gasteiger charge is -2.11. The van der Waals surface area contributed by atoms with Crippen molar-refractivity contribution in [3.05, 3.63) is 54.6 Å². The van der Waals surface area contributed by atoms with Gasteiger partial charge in [-0.05, 0) is 18.1 Å². The summed E-state index contributed by atoms with van der Waals surface area (Å²) in [5.41, 5.74) is 2.39. The van der Waals surface area contributed by atoms with Gasteiger partial charge in [0.15, 0.2) is 12.1 Å². The molecule has 2 aromatic carbocycles. The maximum atomic E-state index is 7.26. The normalized spacial score (nSPS) is 9.00. The number of hydrogen-bond donors (Lipinski definition) is 0. The summed E-state index contributed by atoms with van der Waals surface area (Å²) in [5, 5.41) is 14.5. The Morgan fingerprint density at radius 2 is 1.48 bits per heavy atom. The van der Waals surface area contributed by atoms with Crippen LogP contribution in [-0.2, 0) is 0 Å². The predicted octanol–water partition coefficient (Wildman–Crippen LogP) is 5.35. The average Bonchev–Trinajstić information content (AvgIpc) is 2.63. The number of rotatable bonds is 7. The van der Waals surface area contributed by atoms with Gasteiger partial charge in [0.25, 0.3) is 0 Å². The minimum Gasteiger partial charge on any atom is -0.493 e. The molecule has 0 aromatic heterocycles. The Balaban J connectivity index is 0.000000593. The van der Waals surface area contributed by atoms with Gasteiger partial charge in [-0.25, -0.2) is 0 Å². The molecule has 0 N–H and O–H groups in total. The molecule has 0 aliphatic heterocycles. The van der Waals surface area contributed by atoms with Gasteiger partial charge in [-0.3, -0.25) is 0 Å². The highest BCUT2D eigenvalue weighted by Gasteiger charge is 2.04. The number of para-hydroxylation sites is 1. The molecule has 3 heteroatoms. The Hall–Kier alpha value is -2.78. The van der Waals surface area contributed by atoms with E-state index >= 15 is 0 Å². The highest BCUT2D eigenvalue weighted by atomic mass is 16.5. The molecule has 0 aliphatic rings. The minimum absolute atomic E-state index is 0.809. The molecule has 0 atom stereocenters. The van der Waals surface area contributed by atoms with Crippen LogP contribution in [0.1, 0.15) is 32.6 Å². The van der Waals surface area contributed by atoms with Gasteiger partial charge in [0, 0.05) is 5.56 Å². The van der Waals surface area contributed by atoms with Crippen LogP contribution in [0.25, 0.3) is 11.1 Å². The van der Waals surface area contributed by atoms with E-state index in [0.717, 1.165) is 18.8 Å². The van der Waals surface area contributed by atoms with Gasteiger partial charge in [0.2, 0.25) is 0 Å². The van der Waals surface area contributed by atoms with E-state index in [1.54, 1.807) is 0 Å². The van der Waals surface area contributed by atoms with Gasteiger partial charge < -0.3 is 4.74 Å². The molecule has 0 spiro atoms. The zero-order chi connectivity index (χ0) is 16.8. The van der Waals surface area contributed by atoms with Crippen molar-refractivity contribution in [1.82, 2.24) is 0 Å². The second-order valence-electron chi connectivity index (χ2n) is 4.99. The first-order valence-electron chi connectivity index (χ1n) is 7.89. The van der Waals surface area contributed by atoms with Crippen molar-refractivity contribution in [1.29, 1.82) is 10.5 Å². The van der Waals surface area contributed by atoms with Crippen LogP contribution in [0.3, 0.4) is 0 Å². The van der Waals surface area contributed by atoms with Crippen LogP contribution in [0.4, 0.5) is 0 Å². The quantitative estimate of drug-likeness (QED) is 0.648. The standard InChI is InChI=1S/C18H22O.C2N2/c1-2-3-4-10-15-19-18-14-9-8-13-17(18)16-11-6-5-7-12-16;3-1-2-4/h5-9,11-14H,2-4,10,15H2,1H3;. The highest BCUT2D eigenvalue weighted by Crippen LogP contribution is 2.29. The summed E-state index contributed by atoms with van der Waals surface area (Å²) in [6.45, 7) is 3.04. The molecule has 0 fully saturated rings. The van der Waals surface area contributed by atoms with E-state index in [-0.39, 0.29) is 0 Å². The third-order valence-electron chi connectivity index (χ3n) is 3.28. The van der Waals surface area contributed by atoms with Crippen LogP contribution in [0.15, 0.2) is 54.6 Å². The van der Waals surface area contributed by atoms with Crippen molar-refractivity contribution in [2.24, 2.45) is 0 Å². The maximum Gasteiger partial charge on any atom is 0.181 e. The summed E-state index contributed by atoms with van der Waals surface area (Å²) >= 11 is 0. The number of benzene rings is 2. The van der Waals surface area contributed by atoms with Crippen molar-refractivity contribution in [3.63, 3.8) is 0 Å². The monoisotopic (exact) mass is 306 g/mol. The second kappa shape index (κ2) is 11.8. The first-order valence-corrected chi connectivity index (χ1v) is 7.89. The van der Waals surface area contributed by atoms with Gasteiger partial charge in [-0.2, -0.15) is 10.5 Å². The van der Waals surface area contributed by atoms with Crippen molar-refractivity contribution < 1.29 is 4.74 Å². The highest BCUT2D eigenvalue weighted by molar-refractivity contribution is 5.70. The number of unbranched alkanes of at least 4 members (excludes halogenated alkanes) is 3. The van der Waals surface area contributed by atoms with E-state index in [4.69, 9.17) is 15.3 Å². The van der Waals surface area contributed by atoms with Gasteiger partial charge in [0.1, 0.15) is 5.75 Å². The number of hydrogen-bond acceptors (Lipinski definition) is 3. The molecule has 0 aliphatic carbocycles. The van der Waals surface area contributed by atoms with E-state index in [0.29, 0.717) is 0 Å². The molecule has 0 radical (unpaired) electrons. The zero-order valence-corrected chi connectivity index (χ0v) is 13.5. The molecule has 0 saturated carbocycles. The molecule has 0 unspecified atom stereocenters. The number of ether oxygens (including phenoxy) is 1. The lowest BCUT2D eigenvalue weighted by atomic mass is 10.1. The molecular formula is C20H22N2O. The van der Waals surface area contributed by atoms with Crippen LogP contribution >= 0.6 is 0 Å². The first-order chi connectivity index (χ1) is 11.3. The Kier molecular flexibility index (Phi) is 9.40. The summed E-state index contributed by atoms with van der Waals surface area (Å²) in [5.74, 6) is 0.991. The summed E-state index contributed by atoms with van der Waals surface area (Å²) in [7, 11) is 0. The summed E-state index contributed by atoms with van der Waals surface area (Å²) in [6.07, 6.45) is 4.95. The zero-order valence-electron chi connectivity index (χ0n) is 13.5. The lowest BCUT2D eigenvalue weighted by molar-refractivity contribution is 0.306. The van der Waals surface area contributed by atoms with Gasteiger partial charge in [0.05, 0.1) is 6.61 Å². The van der Waals surface area contributed by atoms with E-state index in [9.17, 15) is 0 Å². The van der Waals surface area contributed by atoms with Gasteiger partial charge in [-0.1, -0.05) is 74.7 Å². The van der Waals surface area contributed by atoms with Gasteiger partial charge >= 0.3 is 0 Å². The summed E-state index contributed by atoms with van der Waals surface area (Å²) in [4.78, 5) is 0. The first kappa shape index (κ1) is 18.3. The van der Waals surface area contributed by atoms with E-state index in [1.807, 2.05) is 12.1 Å². The van der Waals surface area contributed by atoms with Crippen molar-refractivity contribution >= 4 is 0 Å². The van der Waals surface area contributed by atoms with Crippen molar-refractivity contribution in [2.45, 2.75) is 32.6 Å². The molecule has 0 amide bonds. The van der Waals surface area contributed by atoms with Gasteiger partial charge in [-0.15, -0.1) is 0 Å². The molecule has 2 rings (SSSR count). The molecule has 2 aromatic rings. The fourth-order valence-electron chi connectivity index (χ4n) is 2.16. The molecule has 118 valence electrons. The SMILES string of the molecule is CCCCCCOc1ccccc1-c1ccccc1.N#CC#N. The van der Waals surface area contributed by atoms with Crippen LogP contribution in [0, 0.1) is 22.7 Å². The van der Waals surface area contributed by atoms with Crippen LogP contribution in [0.2, 0.25) is 0 Å². The summed E-state index contributed by atoms with van der Waals surface area (Å²) in [6, 6.07) is 21.2.